The second kappa shape index (κ2) is 3.88. The van der Waals surface area contributed by atoms with E-state index in [2.05, 4.69) is 4.74 Å². The first-order chi connectivity index (χ1) is 1.91. The summed E-state index contributed by atoms with van der Waals surface area (Å²) in [6, 6.07) is 0. The molecule has 0 heterocycles. The molecule has 0 saturated carbocycles. The van der Waals surface area contributed by atoms with Crippen molar-refractivity contribution in [1.82, 2.24) is 0 Å². The predicted octanol–water partition coefficient (Wildman–Crippen LogP) is -0.241. The van der Waals surface area contributed by atoms with Gasteiger partial charge in [-0.15, -0.1) is 0 Å². The summed E-state index contributed by atoms with van der Waals surface area (Å²) < 4.78 is 5.56. The van der Waals surface area contributed by atoms with Crippen molar-refractivity contribution < 1.29 is 4.74 Å². The van der Waals surface area contributed by atoms with Crippen molar-refractivity contribution in [2.24, 2.45) is 0 Å². The Balaban J connectivity index is 1.97. The number of hydrogen-bond acceptors (Lipinski definition) is 1. The molecular weight excluding hydrogens is 247 g/mol. The normalized spacial score (nSPS) is 7.50. The van der Waals surface area contributed by atoms with Gasteiger partial charge in [-0.25, -0.2) is 0 Å². The number of hydrogen-bond donors (Lipinski definition) is 0. The SMILES string of the molecule is CO[CH2][Pb]. The molecule has 0 saturated heterocycles. The van der Waals surface area contributed by atoms with Gasteiger partial charge in [-0.1, -0.05) is 0 Å². The first-order valence-electron chi connectivity index (χ1n) is 1.05. The first kappa shape index (κ1) is 4.88. The third-order valence-electron chi connectivity index (χ3n) is 0.144. The molecule has 0 rings (SSSR count). The van der Waals surface area contributed by atoms with E-state index in [0.717, 1.165) is 4.17 Å². The Hall–Kier alpha value is 0.882. The number of ether oxygens (including phenoxy) is 1. The van der Waals surface area contributed by atoms with Crippen LogP contribution in [0.3, 0.4) is 0 Å². The van der Waals surface area contributed by atoms with Crippen LogP contribution in [0.4, 0.5) is 0 Å². The zero-order valence-corrected chi connectivity index (χ0v) is 6.50. The maximum absolute atomic E-state index is 4.60. The predicted molar refractivity (Wildman–Crippen MR) is 17.6 cm³/mol. The van der Waals surface area contributed by atoms with E-state index in [1.54, 1.807) is 7.11 Å². The minimum atomic E-state index is 0.958. The van der Waals surface area contributed by atoms with Crippen LogP contribution in [0.1, 0.15) is 0 Å². The molecule has 0 aromatic carbocycles. The van der Waals surface area contributed by atoms with Crippen molar-refractivity contribution in [3.8, 4) is 0 Å². The van der Waals surface area contributed by atoms with Crippen molar-refractivity contribution in [2.45, 2.75) is 0 Å². The Labute approximate surface area is 42.0 Å². The summed E-state index contributed by atoms with van der Waals surface area (Å²) >= 11 is 1.17. The van der Waals surface area contributed by atoms with Crippen LogP contribution >= 0.6 is 0 Å². The molecule has 0 aliphatic rings. The van der Waals surface area contributed by atoms with Gasteiger partial charge in [0.05, 0.1) is 0 Å². The molecule has 23 valence electrons. The van der Waals surface area contributed by atoms with Crippen LogP contribution in [-0.4, -0.2) is 37.0 Å². The Morgan fingerprint density at radius 3 is 2.25 bits per heavy atom. The van der Waals surface area contributed by atoms with Gasteiger partial charge < -0.3 is 0 Å². The Morgan fingerprint density at radius 2 is 2.25 bits per heavy atom. The Morgan fingerprint density at radius 1 is 2.00 bits per heavy atom. The molecule has 0 unspecified atom stereocenters. The van der Waals surface area contributed by atoms with E-state index in [1.807, 2.05) is 0 Å². The molecule has 4 heavy (non-hydrogen) atoms. The average molecular weight is 252 g/mol. The maximum atomic E-state index is 4.60. The van der Waals surface area contributed by atoms with Gasteiger partial charge in [0, 0.05) is 0 Å². The van der Waals surface area contributed by atoms with Crippen LogP contribution in [0.2, 0.25) is 0 Å². The summed E-state index contributed by atoms with van der Waals surface area (Å²) in [6.45, 7) is 0. The molecule has 0 fully saturated rings. The molecule has 0 N–H and O–H groups in total. The van der Waals surface area contributed by atoms with Crippen LogP contribution in [0.15, 0.2) is 0 Å². The van der Waals surface area contributed by atoms with Gasteiger partial charge in [-0.05, 0) is 0 Å². The molecule has 0 aliphatic heterocycles. The second-order valence-electron chi connectivity index (χ2n) is 0.433. The van der Waals surface area contributed by atoms with E-state index in [1.165, 1.54) is 25.8 Å². The zero-order valence-electron chi connectivity index (χ0n) is 2.62. The molecule has 2 heteroatoms. The van der Waals surface area contributed by atoms with Crippen LogP contribution in [0.5, 0.6) is 0 Å². The van der Waals surface area contributed by atoms with Crippen molar-refractivity contribution in [3.63, 3.8) is 0 Å². The van der Waals surface area contributed by atoms with Gasteiger partial charge in [0.2, 0.25) is 0 Å². The van der Waals surface area contributed by atoms with Gasteiger partial charge in [0.1, 0.15) is 0 Å². The quantitative estimate of drug-likeness (QED) is 0.585. The van der Waals surface area contributed by atoms with E-state index in [0.29, 0.717) is 0 Å². The summed E-state index contributed by atoms with van der Waals surface area (Å²) in [4.78, 5) is 0. The van der Waals surface area contributed by atoms with Gasteiger partial charge in [0.15, 0.2) is 0 Å². The molecule has 0 aromatic heterocycles. The van der Waals surface area contributed by atoms with Crippen molar-refractivity contribution in [3.05, 3.63) is 0 Å². The summed E-state index contributed by atoms with van der Waals surface area (Å²) in [5.74, 6) is 0. The fourth-order valence-corrected chi connectivity index (χ4v) is 0. The Bertz CT molecular complexity index is 8.00. The Kier molecular flexibility index (Phi) is 4.74. The molecule has 0 atom stereocenters. The van der Waals surface area contributed by atoms with Crippen molar-refractivity contribution in [1.29, 1.82) is 0 Å². The first-order valence-corrected chi connectivity index (χ1v) is 3.80. The van der Waals surface area contributed by atoms with Crippen LogP contribution in [0, 0.1) is 0 Å². The summed E-state index contributed by atoms with van der Waals surface area (Å²) in [5.41, 5.74) is 0. The van der Waals surface area contributed by atoms with E-state index >= 15 is 0 Å². The number of methoxy groups -OCH3 is 1. The fraction of sp³-hybridized carbons (Fsp3) is 1.00. The molecule has 0 spiro atoms. The molecule has 0 aliphatic carbocycles. The molecule has 3 radical (unpaired) electrons. The van der Waals surface area contributed by atoms with Crippen LogP contribution < -0.4 is 0 Å². The topological polar surface area (TPSA) is 9.23 Å². The van der Waals surface area contributed by atoms with Gasteiger partial charge in [-0.2, -0.15) is 0 Å². The van der Waals surface area contributed by atoms with Gasteiger partial charge >= 0.3 is 41.8 Å². The second-order valence-corrected chi connectivity index (χ2v) is 1.56. The average Bonchev–Trinajstić information content (AvgIpc) is 1.37. The zero-order chi connectivity index (χ0) is 3.41. The van der Waals surface area contributed by atoms with E-state index < -0.39 is 0 Å². The van der Waals surface area contributed by atoms with E-state index in [9.17, 15) is 0 Å². The third-order valence-corrected chi connectivity index (χ3v) is 1.27. The van der Waals surface area contributed by atoms with E-state index in [-0.39, 0.29) is 0 Å². The molecule has 0 amide bonds. The van der Waals surface area contributed by atoms with E-state index in [4.69, 9.17) is 0 Å². The van der Waals surface area contributed by atoms with Crippen molar-refractivity contribution in [2.75, 3.05) is 11.3 Å². The molecule has 0 bridgehead atoms. The minimum absolute atomic E-state index is 0.958. The summed E-state index contributed by atoms with van der Waals surface area (Å²) in [7, 11) is 1.72. The van der Waals surface area contributed by atoms with Gasteiger partial charge in [-0.3, -0.25) is 0 Å². The summed E-state index contributed by atoms with van der Waals surface area (Å²) in [5, 5.41) is 0. The van der Waals surface area contributed by atoms with Crippen LogP contribution in [-0.2, 0) is 4.74 Å². The standard InChI is InChI=1S/C2H5O.Pb/c1-3-2;/h1H2,2H3;. The number of rotatable bonds is 1. The fourth-order valence-electron chi connectivity index (χ4n) is 0. The molecule has 1 nitrogen and oxygen atoms in total. The monoisotopic (exact) mass is 253 g/mol. The molecular formula is C2H5OPb. The third kappa shape index (κ3) is 2.88. The molecule has 0 aromatic rings. The van der Waals surface area contributed by atoms with Crippen molar-refractivity contribution >= 4 is 25.8 Å². The van der Waals surface area contributed by atoms with Crippen LogP contribution in [0.25, 0.3) is 0 Å². The summed E-state index contributed by atoms with van der Waals surface area (Å²) in [6.07, 6.45) is 0. The van der Waals surface area contributed by atoms with Gasteiger partial charge in [0.25, 0.3) is 0 Å².